The maximum atomic E-state index is 13.3. The minimum Gasteiger partial charge on any atom is -0.491 e. The van der Waals surface area contributed by atoms with Crippen LogP contribution in [-0.2, 0) is 6.42 Å². The van der Waals surface area contributed by atoms with Crippen LogP contribution < -0.4 is 4.74 Å². The smallest absolute Gasteiger partial charge is 0.338 e. The van der Waals surface area contributed by atoms with E-state index in [2.05, 4.69) is 0 Å². The van der Waals surface area contributed by atoms with Crippen LogP contribution in [0.25, 0.3) is 0 Å². The number of carbonyl (C=O) groups is 1. The second-order valence-electron chi connectivity index (χ2n) is 2.94. The molecule has 14 heavy (non-hydrogen) atoms. The van der Waals surface area contributed by atoms with Crippen LogP contribution in [0, 0.1) is 5.82 Å². The van der Waals surface area contributed by atoms with E-state index in [1.54, 1.807) is 0 Å². The summed E-state index contributed by atoms with van der Waals surface area (Å²) in [4.78, 5) is 10.6. The summed E-state index contributed by atoms with van der Waals surface area (Å²) >= 11 is 5.62. The van der Waals surface area contributed by atoms with Gasteiger partial charge in [0.25, 0.3) is 0 Å². The van der Waals surface area contributed by atoms with E-state index in [0.717, 1.165) is 0 Å². The molecule has 0 radical (unpaired) electrons. The predicted molar refractivity (Wildman–Crippen MR) is 47.6 cm³/mol. The number of benzene rings is 1. The van der Waals surface area contributed by atoms with E-state index < -0.39 is 17.3 Å². The molecule has 0 atom stereocenters. The van der Waals surface area contributed by atoms with Crippen molar-refractivity contribution in [3.8, 4) is 5.75 Å². The molecule has 1 aliphatic rings. The molecule has 1 aromatic carbocycles. The molecular formula is C9H6ClFO3. The van der Waals surface area contributed by atoms with Crippen molar-refractivity contribution in [1.29, 1.82) is 0 Å². The Morgan fingerprint density at radius 1 is 1.64 bits per heavy atom. The van der Waals surface area contributed by atoms with Crippen LogP contribution in [0.5, 0.6) is 5.75 Å². The normalized spacial score (nSPS) is 13.6. The summed E-state index contributed by atoms with van der Waals surface area (Å²) in [5.41, 5.74) is 0.244. The highest BCUT2D eigenvalue weighted by Crippen LogP contribution is 2.37. The predicted octanol–water partition coefficient (Wildman–Crippen LogP) is 2.11. The van der Waals surface area contributed by atoms with Gasteiger partial charge < -0.3 is 9.84 Å². The van der Waals surface area contributed by atoms with Crippen LogP contribution in [0.4, 0.5) is 4.39 Å². The molecule has 1 aromatic rings. The first-order valence-electron chi connectivity index (χ1n) is 3.98. The molecule has 1 N–H and O–H groups in total. The number of halogens is 2. The van der Waals surface area contributed by atoms with Gasteiger partial charge in [-0.3, -0.25) is 0 Å². The van der Waals surface area contributed by atoms with Crippen molar-refractivity contribution in [1.82, 2.24) is 0 Å². The summed E-state index contributed by atoms with van der Waals surface area (Å²) in [6, 6.07) is 1.27. The van der Waals surface area contributed by atoms with Gasteiger partial charge >= 0.3 is 5.97 Å². The first-order chi connectivity index (χ1) is 6.61. The van der Waals surface area contributed by atoms with Crippen molar-refractivity contribution in [2.75, 3.05) is 6.61 Å². The Balaban J connectivity index is 2.67. The van der Waals surface area contributed by atoms with Gasteiger partial charge in [-0.05, 0) is 6.07 Å². The zero-order valence-electron chi connectivity index (χ0n) is 7.01. The lowest BCUT2D eigenvalue weighted by molar-refractivity contribution is 0.0692. The Labute approximate surface area is 84.1 Å². The molecule has 0 fully saturated rings. The Morgan fingerprint density at radius 3 is 3.00 bits per heavy atom. The molecule has 3 nitrogen and oxygen atoms in total. The Morgan fingerprint density at radius 2 is 2.36 bits per heavy atom. The molecule has 1 aliphatic heterocycles. The van der Waals surface area contributed by atoms with Gasteiger partial charge in [0.1, 0.15) is 10.8 Å². The molecule has 1 heterocycles. The average Bonchev–Trinajstić information content (AvgIpc) is 2.58. The molecule has 0 saturated heterocycles. The van der Waals surface area contributed by atoms with Gasteiger partial charge in [0.05, 0.1) is 12.2 Å². The highest BCUT2D eigenvalue weighted by Gasteiger charge is 2.24. The molecule has 0 amide bonds. The van der Waals surface area contributed by atoms with Gasteiger partial charge in [0.15, 0.2) is 5.82 Å². The van der Waals surface area contributed by atoms with Gasteiger partial charge in [-0.15, -0.1) is 0 Å². The molecule has 0 spiro atoms. The van der Waals surface area contributed by atoms with Gasteiger partial charge in [-0.1, -0.05) is 11.6 Å². The molecule has 0 aliphatic carbocycles. The fraction of sp³-hybridized carbons (Fsp3) is 0.222. The molecule has 2 rings (SSSR count). The van der Waals surface area contributed by atoms with E-state index in [9.17, 15) is 9.18 Å². The number of rotatable bonds is 1. The lowest BCUT2D eigenvalue weighted by Crippen LogP contribution is -2.02. The van der Waals surface area contributed by atoms with Crippen molar-refractivity contribution < 1.29 is 19.0 Å². The van der Waals surface area contributed by atoms with Crippen molar-refractivity contribution in [3.05, 3.63) is 28.0 Å². The zero-order valence-corrected chi connectivity index (χ0v) is 7.77. The molecule has 0 aromatic heterocycles. The summed E-state index contributed by atoms with van der Waals surface area (Å²) in [6.45, 7) is 0.414. The van der Waals surface area contributed by atoms with Crippen molar-refractivity contribution in [2.24, 2.45) is 0 Å². The number of aromatic carboxylic acids is 1. The molecule has 0 bridgehead atoms. The second-order valence-corrected chi connectivity index (χ2v) is 3.32. The largest absolute Gasteiger partial charge is 0.491 e. The molecular weight excluding hydrogens is 211 g/mol. The van der Waals surface area contributed by atoms with Crippen molar-refractivity contribution in [3.63, 3.8) is 0 Å². The standard InChI is InChI=1S/C9H6ClFO3/c10-6-7(11)5(9(12)13)3-4-1-2-14-8(4)6/h3H,1-2H2,(H,12,13). The van der Waals surface area contributed by atoms with Crippen molar-refractivity contribution in [2.45, 2.75) is 6.42 Å². The van der Waals surface area contributed by atoms with Crippen LogP contribution in [0.3, 0.4) is 0 Å². The maximum Gasteiger partial charge on any atom is 0.338 e. The van der Waals surface area contributed by atoms with E-state index in [4.69, 9.17) is 21.4 Å². The Bertz CT molecular complexity index is 417. The summed E-state index contributed by atoms with van der Waals surface area (Å²) in [5, 5.41) is 8.44. The maximum absolute atomic E-state index is 13.3. The minimum atomic E-state index is -1.32. The molecule has 5 heteroatoms. The first-order valence-corrected chi connectivity index (χ1v) is 4.36. The summed E-state index contributed by atoms with van der Waals surface area (Å²) in [5.74, 6) is -1.98. The summed E-state index contributed by atoms with van der Waals surface area (Å²) in [7, 11) is 0. The third-order valence-electron chi connectivity index (χ3n) is 2.09. The second kappa shape index (κ2) is 3.13. The number of carboxylic acid groups (broad SMARTS) is 1. The van der Waals surface area contributed by atoms with Crippen LogP contribution in [0.15, 0.2) is 6.07 Å². The monoisotopic (exact) mass is 216 g/mol. The average molecular weight is 217 g/mol. The summed E-state index contributed by atoms with van der Waals surface area (Å²) < 4.78 is 18.4. The van der Waals surface area contributed by atoms with Gasteiger partial charge in [0, 0.05) is 12.0 Å². The zero-order chi connectivity index (χ0) is 10.3. The third-order valence-corrected chi connectivity index (χ3v) is 2.42. The van der Waals surface area contributed by atoms with Crippen molar-refractivity contribution >= 4 is 17.6 Å². The van der Waals surface area contributed by atoms with E-state index >= 15 is 0 Å². The number of fused-ring (bicyclic) bond motifs is 1. The number of hydrogen-bond donors (Lipinski definition) is 1. The Kier molecular flexibility index (Phi) is 2.07. The number of carboxylic acids is 1. The van der Waals surface area contributed by atoms with Gasteiger partial charge in [-0.25, -0.2) is 9.18 Å². The topological polar surface area (TPSA) is 46.5 Å². The SMILES string of the molecule is O=C(O)c1cc2c(c(Cl)c1F)OCC2. The van der Waals surface area contributed by atoms with E-state index in [1.807, 2.05) is 0 Å². The first kappa shape index (κ1) is 9.27. The number of ether oxygens (including phenoxy) is 1. The lowest BCUT2D eigenvalue weighted by atomic mass is 10.1. The minimum absolute atomic E-state index is 0.239. The number of hydrogen-bond acceptors (Lipinski definition) is 2. The van der Waals surface area contributed by atoms with Crippen LogP contribution in [0.1, 0.15) is 15.9 Å². The quantitative estimate of drug-likeness (QED) is 0.782. The molecule has 74 valence electrons. The fourth-order valence-electron chi connectivity index (χ4n) is 1.42. The van der Waals surface area contributed by atoms with E-state index in [1.165, 1.54) is 6.07 Å². The highest BCUT2D eigenvalue weighted by molar-refractivity contribution is 6.32. The third kappa shape index (κ3) is 1.23. The highest BCUT2D eigenvalue weighted by atomic mass is 35.5. The van der Waals surface area contributed by atoms with Crippen LogP contribution in [-0.4, -0.2) is 17.7 Å². The molecule has 0 unspecified atom stereocenters. The van der Waals surface area contributed by atoms with Gasteiger partial charge in [0.2, 0.25) is 0 Å². The van der Waals surface area contributed by atoms with E-state index in [-0.39, 0.29) is 10.8 Å². The van der Waals surface area contributed by atoms with Crippen LogP contribution in [0.2, 0.25) is 5.02 Å². The van der Waals surface area contributed by atoms with Crippen LogP contribution >= 0.6 is 11.6 Å². The van der Waals surface area contributed by atoms with Gasteiger partial charge in [-0.2, -0.15) is 0 Å². The summed E-state index contributed by atoms with van der Waals surface area (Å²) in [6.07, 6.45) is 0.565. The fourth-order valence-corrected chi connectivity index (χ4v) is 1.70. The Hall–Kier alpha value is -1.29. The lowest BCUT2D eigenvalue weighted by Gasteiger charge is -2.05. The van der Waals surface area contributed by atoms with E-state index in [0.29, 0.717) is 18.6 Å². The molecule has 0 saturated carbocycles.